The summed E-state index contributed by atoms with van der Waals surface area (Å²) in [5, 5.41) is 10.8. The van der Waals surface area contributed by atoms with Gasteiger partial charge in [-0.2, -0.15) is 0 Å². The van der Waals surface area contributed by atoms with Crippen LogP contribution in [0.15, 0.2) is 42.2 Å². The second-order valence-corrected chi connectivity index (χ2v) is 7.55. The maximum Gasteiger partial charge on any atom is 0.375 e. The molecule has 1 atom stereocenters. The number of cyclic esters (lactones) is 1. The van der Waals surface area contributed by atoms with Crippen LogP contribution in [-0.2, 0) is 35.0 Å². The summed E-state index contributed by atoms with van der Waals surface area (Å²) in [6, 6.07) is 9.54. The maximum atomic E-state index is 13.3. The van der Waals surface area contributed by atoms with Gasteiger partial charge in [-0.25, -0.2) is 9.59 Å². The van der Waals surface area contributed by atoms with Gasteiger partial charge in [0.2, 0.25) is 11.4 Å². The number of hydrogen-bond donors (Lipinski definition) is 1. The van der Waals surface area contributed by atoms with Gasteiger partial charge in [-0.15, -0.1) is 0 Å². The van der Waals surface area contributed by atoms with Gasteiger partial charge in [0.05, 0.1) is 26.9 Å². The minimum atomic E-state index is -2.07. The van der Waals surface area contributed by atoms with E-state index in [4.69, 9.17) is 37.9 Å². The van der Waals surface area contributed by atoms with Crippen molar-refractivity contribution in [3.05, 3.63) is 53.3 Å². The molecule has 2 aromatic rings. The number of carbonyl (C=O) groups is 2. The van der Waals surface area contributed by atoms with Crippen molar-refractivity contribution in [2.24, 2.45) is 0 Å². The smallest absolute Gasteiger partial charge is 0.375 e. The van der Waals surface area contributed by atoms with Crippen molar-refractivity contribution in [3.63, 3.8) is 0 Å². The lowest BCUT2D eigenvalue weighted by atomic mass is 9.82. The van der Waals surface area contributed by atoms with Gasteiger partial charge in [0.1, 0.15) is 23.0 Å². The molecule has 0 aromatic heterocycles. The highest BCUT2D eigenvalue weighted by Gasteiger charge is 2.56. The molecular formula is C25H28O11. The minimum Gasteiger partial charge on any atom is -0.501 e. The molecule has 0 bridgehead atoms. The van der Waals surface area contributed by atoms with Crippen LogP contribution in [0.25, 0.3) is 5.57 Å². The van der Waals surface area contributed by atoms with E-state index in [9.17, 15) is 14.7 Å². The molecule has 1 heterocycles. The fraction of sp³-hybridized carbons (Fsp3) is 0.360. The van der Waals surface area contributed by atoms with E-state index in [0.717, 1.165) is 7.11 Å². The molecule has 0 saturated carbocycles. The van der Waals surface area contributed by atoms with Crippen LogP contribution >= 0.6 is 0 Å². The van der Waals surface area contributed by atoms with Crippen LogP contribution in [0, 0.1) is 0 Å². The molecule has 11 heteroatoms. The van der Waals surface area contributed by atoms with E-state index in [0.29, 0.717) is 22.8 Å². The van der Waals surface area contributed by atoms with Crippen molar-refractivity contribution in [2.75, 3.05) is 49.1 Å². The van der Waals surface area contributed by atoms with Gasteiger partial charge in [-0.05, 0) is 23.8 Å². The van der Waals surface area contributed by atoms with Crippen molar-refractivity contribution >= 4 is 17.5 Å². The maximum absolute atomic E-state index is 13.3. The molecule has 1 aliphatic rings. The summed E-state index contributed by atoms with van der Waals surface area (Å²) >= 11 is 0. The van der Waals surface area contributed by atoms with E-state index in [-0.39, 0.29) is 36.9 Å². The van der Waals surface area contributed by atoms with Crippen LogP contribution in [0.3, 0.4) is 0 Å². The molecule has 2 aromatic carbocycles. The highest BCUT2D eigenvalue weighted by molar-refractivity contribution is 6.12. The summed E-state index contributed by atoms with van der Waals surface area (Å²) in [6.45, 7) is -0.242. The van der Waals surface area contributed by atoms with E-state index in [1.165, 1.54) is 40.6 Å². The van der Waals surface area contributed by atoms with Crippen LogP contribution < -0.4 is 18.9 Å². The number of ether oxygens (including phenoxy) is 8. The first-order chi connectivity index (χ1) is 17.3. The lowest BCUT2D eigenvalue weighted by Crippen LogP contribution is -2.44. The quantitative estimate of drug-likeness (QED) is 0.338. The van der Waals surface area contributed by atoms with E-state index in [1.807, 2.05) is 0 Å². The average Bonchev–Trinajstić information content (AvgIpc) is 3.15. The average molecular weight is 504 g/mol. The predicted molar refractivity (Wildman–Crippen MR) is 125 cm³/mol. The Bertz CT molecular complexity index is 1140. The summed E-state index contributed by atoms with van der Waals surface area (Å²) in [7, 11) is 7.00. The number of benzene rings is 2. The molecule has 0 aliphatic carbocycles. The molecule has 0 unspecified atom stereocenters. The molecule has 1 aliphatic heterocycles. The Labute approximate surface area is 208 Å². The van der Waals surface area contributed by atoms with Crippen LogP contribution in [0.4, 0.5) is 0 Å². The van der Waals surface area contributed by atoms with Gasteiger partial charge in [-0.1, -0.05) is 6.07 Å². The normalized spacial score (nSPS) is 17.0. The second-order valence-electron chi connectivity index (χ2n) is 7.55. The largest absolute Gasteiger partial charge is 0.501 e. The molecule has 36 heavy (non-hydrogen) atoms. The molecule has 0 amide bonds. The summed E-state index contributed by atoms with van der Waals surface area (Å²) in [6.07, 6.45) is -0.246. The number of aliphatic hydroxyl groups is 1. The first kappa shape index (κ1) is 26.6. The van der Waals surface area contributed by atoms with Gasteiger partial charge >= 0.3 is 11.9 Å². The lowest BCUT2D eigenvalue weighted by molar-refractivity contribution is -0.169. The number of esters is 2. The third-order valence-electron chi connectivity index (χ3n) is 5.45. The van der Waals surface area contributed by atoms with Gasteiger partial charge in [-0.3, -0.25) is 0 Å². The molecule has 0 fully saturated rings. The van der Waals surface area contributed by atoms with Gasteiger partial charge in [0, 0.05) is 38.3 Å². The highest BCUT2D eigenvalue weighted by atomic mass is 16.7. The zero-order valence-electron chi connectivity index (χ0n) is 20.6. The number of rotatable bonds is 12. The van der Waals surface area contributed by atoms with Crippen LogP contribution in [-0.4, -0.2) is 71.8 Å². The Hall–Kier alpha value is -3.96. The summed E-state index contributed by atoms with van der Waals surface area (Å²) in [5.41, 5.74) is -1.56. The standard InChI is InChI=1S/C25H28O11/c1-29-13-34-19-10-16(31-3)7-6-15(19)12-25(24(28)33-5)21(22(26)23(27)36-25)18-9-8-17(32-4)11-20(18)35-14-30-2/h6-11,26H,12-14H2,1-5H3/t25-/m1/s1. The van der Waals surface area contributed by atoms with Crippen molar-refractivity contribution in [1.82, 2.24) is 0 Å². The number of carbonyl (C=O) groups excluding carboxylic acids is 2. The zero-order valence-corrected chi connectivity index (χ0v) is 20.6. The molecule has 0 saturated heterocycles. The third kappa shape index (κ3) is 5.16. The molecule has 1 N–H and O–H groups in total. The van der Waals surface area contributed by atoms with Crippen LogP contribution in [0.2, 0.25) is 0 Å². The topological polar surface area (TPSA) is 128 Å². The van der Waals surface area contributed by atoms with Crippen molar-refractivity contribution in [2.45, 2.75) is 12.0 Å². The number of aliphatic hydroxyl groups excluding tert-OH is 1. The SMILES string of the molecule is COCOc1cc(OC)ccc1C[C@@]1(C(=O)OC)OC(=O)C(O)=C1c1ccc(OC)cc1OCOC. The van der Waals surface area contributed by atoms with E-state index in [1.54, 1.807) is 24.3 Å². The molecule has 0 radical (unpaired) electrons. The first-order valence-corrected chi connectivity index (χ1v) is 10.7. The van der Waals surface area contributed by atoms with E-state index >= 15 is 0 Å². The second kappa shape index (κ2) is 11.6. The fourth-order valence-corrected chi connectivity index (χ4v) is 3.81. The predicted octanol–water partition coefficient (Wildman–Crippen LogP) is 2.65. The van der Waals surface area contributed by atoms with Crippen LogP contribution in [0.5, 0.6) is 23.0 Å². The Balaban J connectivity index is 2.21. The van der Waals surface area contributed by atoms with E-state index in [2.05, 4.69) is 0 Å². The monoisotopic (exact) mass is 504 g/mol. The van der Waals surface area contributed by atoms with Crippen LogP contribution in [0.1, 0.15) is 11.1 Å². The van der Waals surface area contributed by atoms with Gasteiger partial charge in [0.25, 0.3) is 0 Å². The highest BCUT2D eigenvalue weighted by Crippen LogP contribution is 2.47. The summed E-state index contributed by atoms with van der Waals surface area (Å²) < 4.78 is 42.5. The van der Waals surface area contributed by atoms with Gasteiger partial charge in [0.15, 0.2) is 13.6 Å². The number of methoxy groups -OCH3 is 5. The van der Waals surface area contributed by atoms with Crippen molar-refractivity contribution in [1.29, 1.82) is 0 Å². The Morgan fingerprint density at radius 1 is 0.889 bits per heavy atom. The van der Waals surface area contributed by atoms with Crippen molar-refractivity contribution < 1.29 is 52.6 Å². The minimum absolute atomic E-state index is 0.0907. The first-order valence-electron chi connectivity index (χ1n) is 10.7. The van der Waals surface area contributed by atoms with Gasteiger partial charge < -0.3 is 43.0 Å². The number of hydrogen-bond acceptors (Lipinski definition) is 11. The lowest BCUT2D eigenvalue weighted by Gasteiger charge is -2.29. The van der Waals surface area contributed by atoms with E-state index < -0.39 is 23.3 Å². The molecular weight excluding hydrogens is 476 g/mol. The molecule has 194 valence electrons. The zero-order chi connectivity index (χ0) is 26.3. The fourth-order valence-electron chi connectivity index (χ4n) is 3.81. The molecule has 0 spiro atoms. The summed E-state index contributed by atoms with van der Waals surface area (Å²) in [4.78, 5) is 26.0. The molecule has 11 nitrogen and oxygen atoms in total. The van der Waals surface area contributed by atoms with Crippen molar-refractivity contribution in [3.8, 4) is 23.0 Å². The Morgan fingerprint density at radius 2 is 1.47 bits per heavy atom. The Kier molecular flexibility index (Phi) is 8.62. The Morgan fingerprint density at radius 3 is 2.06 bits per heavy atom. The molecule has 3 rings (SSSR count). The summed E-state index contributed by atoms with van der Waals surface area (Å²) in [5.74, 6) is -1.37. The third-order valence-corrected chi connectivity index (χ3v) is 5.45.